The summed E-state index contributed by atoms with van der Waals surface area (Å²) in [6.07, 6.45) is 6.90. The third-order valence-corrected chi connectivity index (χ3v) is 8.00. The van der Waals surface area contributed by atoms with Crippen molar-refractivity contribution in [2.75, 3.05) is 6.61 Å². The van der Waals surface area contributed by atoms with Gasteiger partial charge in [-0.3, -0.25) is 0 Å². The molecule has 0 N–H and O–H groups in total. The molecule has 2 atom stereocenters. The number of rotatable bonds is 14. The van der Waals surface area contributed by atoms with E-state index in [4.69, 9.17) is 14.2 Å². The lowest BCUT2D eigenvalue weighted by Crippen LogP contribution is -2.30. The van der Waals surface area contributed by atoms with E-state index in [-0.39, 0.29) is 25.0 Å². The largest absolute Gasteiger partial charge is 0.493 e. The van der Waals surface area contributed by atoms with Crippen molar-refractivity contribution in [3.63, 3.8) is 0 Å². The van der Waals surface area contributed by atoms with Crippen LogP contribution in [-0.2, 0) is 19.1 Å². The van der Waals surface area contributed by atoms with Crippen LogP contribution in [0.25, 0.3) is 0 Å². The number of carbonyl (C=O) groups is 2. The summed E-state index contributed by atoms with van der Waals surface area (Å²) in [5.41, 5.74) is 1.25. The van der Waals surface area contributed by atoms with Crippen molar-refractivity contribution in [2.24, 2.45) is 5.92 Å². The number of unbranched alkanes of at least 4 members (excludes halogenated alkanes) is 2. The Morgan fingerprint density at radius 1 is 0.763 bits per heavy atom. The SMILES string of the molecule is CCCC[C@@H](F)C(=O)O[C@H]1CC[C@H](COc2ccc([C@H]3CC[C@H](OC(=O)[C@H](F)CCCC)CC3)cc2)CC1. The first-order valence-electron chi connectivity index (χ1n) is 14.8. The Labute approximate surface area is 227 Å². The molecule has 0 unspecified atom stereocenters. The summed E-state index contributed by atoms with van der Waals surface area (Å²) < 4.78 is 44.6. The fourth-order valence-electron chi connectivity index (χ4n) is 5.46. The molecule has 0 spiro atoms. The molecule has 0 bridgehead atoms. The maximum Gasteiger partial charge on any atom is 0.340 e. The number of benzene rings is 1. The molecule has 0 heterocycles. The summed E-state index contributed by atoms with van der Waals surface area (Å²) in [6, 6.07) is 8.23. The summed E-state index contributed by atoms with van der Waals surface area (Å²) in [7, 11) is 0. The molecule has 2 fully saturated rings. The zero-order chi connectivity index (χ0) is 27.3. The summed E-state index contributed by atoms with van der Waals surface area (Å²) in [4.78, 5) is 23.9. The minimum atomic E-state index is -1.50. The molecular formula is C31H46F2O5. The second-order valence-electron chi connectivity index (χ2n) is 11.1. The van der Waals surface area contributed by atoms with Gasteiger partial charge in [-0.25, -0.2) is 18.4 Å². The maximum absolute atomic E-state index is 13.9. The summed E-state index contributed by atoms with van der Waals surface area (Å²) >= 11 is 0. The number of hydrogen-bond acceptors (Lipinski definition) is 5. The van der Waals surface area contributed by atoms with Gasteiger partial charge in [0.2, 0.25) is 0 Å². The van der Waals surface area contributed by atoms with Gasteiger partial charge in [0.05, 0.1) is 6.61 Å². The Morgan fingerprint density at radius 3 is 1.71 bits per heavy atom. The summed E-state index contributed by atoms with van der Waals surface area (Å²) in [5.74, 6) is 0.235. The van der Waals surface area contributed by atoms with E-state index in [0.29, 0.717) is 31.3 Å². The van der Waals surface area contributed by atoms with Crippen LogP contribution in [-0.4, -0.2) is 43.1 Å². The maximum atomic E-state index is 13.9. The molecule has 2 saturated carbocycles. The average Bonchev–Trinajstić information content (AvgIpc) is 2.94. The highest BCUT2D eigenvalue weighted by atomic mass is 19.1. The van der Waals surface area contributed by atoms with Crippen LogP contribution in [0.4, 0.5) is 8.78 Å². The smallest absolute Gasteiger partial charge is 0.340 e. The second kappa shape index (κ2) is 16.0. The molecule has 0 radical (unpaired) electrons. The first kappa shape index (κ1) is 30.4. The van der Waals surface area contributed by atoms with Crippen LogP contribution in [0.2, 0.25) is 0 Å². The highest BCUT2D eigenvalue weighted by molar-refractivity contribution is 5.75. The lowest BCUT2D eigenvalue weighted by molar-refractivity contribution is -0.158. The van der Waals surface area contributed by atoms with Gasteiger partial charge >= 0.3 is 11.9 Å². The lowest BCUT2D eigenvalue weighted by atomic mass is 9.82. The predicted molar refractivity (Wildman–Crippen MR) is 144 cm³/mol. The normalized spacial score (nSPS) is 25.3. The van der Waals surface area contributed by atoms with Crippen molar-refractivity contribution in [1.82, 2.24) is 0 Å². The Balaban J connectivity index is 1.33. The van der Waals surface area contributed by atoms with E-state index in [1.54, 1.807) is 0 Å². The monoisotopic (exact) mass is 536 g/mol. The molecule has 38 heavy (non-hydrogen) atoms. The van der Waals surface area contributed by atoms with Crippen molar-refractivity contribution in [3.8, 4) is 5.75 Å². The zero-order valence-corrected chi connectivity index (χ0v) is 23.2. The van der Waals surface area contributed by atoms with Gasteiger partial charge < -0.3 is 14.2 Å². The molecule has 0 aromatic heterocycles. The topological polar surface area (TPSA) is 61.8 Å². The highest BCUT2D eigenvalue weighted by Crippen LogP contribution is 2.35. The van der Waals surface area contributed by atoms with E-state index in [0.717, 1.165) is 70.0 Å². The molecule has 0 aliphatic heterocycles. The molecule has 7 heteroatoms. The number of carbonyl (C=O) groups excluding carboxylic acids is 2. The fraction of sp³-hybridized carbons (Fsp3) is 0.742. The van der Waals surface area contributed by atoms with Gasteiger partial charge in [-0.2, -0.15) is 0 Å². The van der Waals surface area contributed by atoms with E-state index in [2.05, 4.69) is 12.1 Å². The number of hydrogen-bond donors (Lipinski definition) is 0. The quantitative estimate of drug-likeness (QED) is 0.227. The van der Waals surface area contributed by atoms with Crippen molar-refractivity contribution in [1.29, 1.82) is 0 Å². The molecule has 5 nitrogen and oxygen atoms in total. The van der Waals surface area contributed by atoms with Crippen LogP contribution in [0.3, 0.4) is 0 Å². The first-order chi connectivity index (χ1) is 18.4. The minimum Gasteiger partial charge on any atom is -0.493 e. The van der Waals surface area contributed by atoms with E-state index in [1.165, 1.54) is 5.56 Å². The van der Waals surface area contributed by atoms with Crippen molar-refractivity contribution in [3.05, 3.63) is 29.8 Å². The van der Waals surface area contributed by atoms with Gasteiger partial charge in [0, 0.05) is 0 Å². The minimum absolute atomic E-state index is 0.181. The Morgan fingerprint density at radius 2 is 1.24 bits per heavy atom. The third kappa shape index (κ3) is 9.85. The lowest BCUT2D eigenvalue weighted by Gasteiger charge is -2.29. The van der Waals surface area contributed by atoms with Crippen molar-refractivity contribution in [2.45, 2.75) is 134 Å². The van der Waals surface area contributed by atoms with E-state index >= 15 is 0 Å². The molecule has 0 amide bonds. The standard InChI is InChI=1S/C31H46F2O5/c1-3-5-7-28(32)30(34)37-26-15-9-22(10-16-26)21-36-25-17-11-23(12-18-25)24-13-19-27(20-14-24)38-31(35)29(33)8-6-4-2/h11-12,17-18,22,24,26-29H,3-10,13-16,19-21H2,1-2H3/t22-,24-,26-,27-,28-,29-/m1/s1. The van der Waals surface area contributed by atoms with Crippen LogP contribution in [0, 0.1) is 5.92 Å². The molecular weight excluding hydrogens is 490 g/mol. The molecule has 1 aromatic carbocycles. The van der Waals surface area contributed by atoms with Gasteiger partial charge in [-0.05, 0) is 93.7 Å². The van der Waals surface area contributed by atoms with E-state index in [9.17, 15) is 18.4 Å². The van der Waals surface area contributed by atoms with Crippen LogP contribution in [0.15, 0.2) is 24.3 Å². The average molecular weight is 537 g/mol. The molecule has 3 rings (SSSR count). The second-order valence-corrected chi connectivity index (χ2v) is 11.1. The van der Waals surface area contributed by atoms with Crippen LogP contribution < -0.4 is 4.74 Å². The summed E-state index contributed by atoms with van der Waals surface area (Å²) in [6.45, 7) is 4.57. The summed E-state index contributed by atoms with van der Waals surface area (Å²) in [5, 5.41) is 0. The molecule has 1 aromatic rings. The van der Waals surface area contributed by atoms with Gasteiger partial charge in [-0.15, -0.1) is 0 Å². The van der Waals surface area contributed by atoms with Crippen molar-refractivity contribution < 1.29 is 32.6 Å². The first-order valence-corrected chi connectivity index (χ1v) is 14.8. The van der Waals surface area contributed by atoms with Gasteiger partial charge in [0.25, 0.3) is 0 Å². The van der Waals surface area contributed by atoms with Crippen LogP contribution >= 0.6 is 0 Å². The zero-order valence-electron chi connectivity index (χ0n) is 23.2. The van der Waals surface area contributed by atoms with E-state index < -0.39 is 24.3 Å². The van der Waals surface area contributed by atoms with Gasteiger partial charge in [0.1, 0.15) is 18.0 Å². The fourth-order valence-corrected chi connectivity index (χ4v) is 5.46. The van der Waals surface area contributed by atoms with Gasteiger partial charge in [0.15, 0.2) is 12.3 Å². The third-order valence-electron chi connectivity index (χ3n) is 8.00. The van der Waals surface area contributed by atoms with Gasteiger partial charge in [-0.1, -0.05) is 51.7 Å². The Bertz CT molecular complexity index is 829. The number of esters is 2. The number of alkyl halides is 2. The highest BCUT2D eigenvalue weighted by Gasteiger charge is 2.29. The number of halogens is 2. The molecule has 2 aliphatic rings. The number of ether oxygens (including phenoxy) is 3. The Kier molecular flexibility index (Phi) is 12.8. The van der Waals surface area contributed by atoms with E-state index in [1.807, 2.05) is 26.0 Å². The van der Waals surface area contributed by atoms with Crippen LogP contribution in [0.5, 0.6) is 5.75 Å². The Hall–Kier alpha value is -2.18. The van der Waals surface area contributed by atoms with Crippen molar-refractivity contribution >= 4 is 11.9 Å². The molecule has 0 saturated heterocycles. The molecule has 2 aliphatic carbocycles. The predicted octanol–water partition coefficient (Wildman–Crippen LogP) is 7.79. The molecule has 214 valence electrons. The van der Waals surface area contributed by atoms with Crippen LogP contribution in [0.1, 0.15) is 115 Å².